The van der Waals surface area contributed by atoms with Gasteiger partial charge in [0, 0.05) is 12.6 Å². The minimum Gasteiger partial charge on any atom is -0.497 e. The van der Waals surface area contributed by atoms with Crippen LogP contribution in [0.2, 0.25) is 0 Å². The molecule has 0 aliphatic heterocycles. The average molecular weight is 212 g/mol. The van der Waals surface area contributed by atoms with Crippen LogP contribution in [0.1, 0.15) is 0 Å². The molecule has 5 nitrogen and oxygen atoms in total. The molecule has 0 aliphatic carbocycles. The molecular weight excluding hydrogens is 199 g/mol. The Morgan fingerprint density at radius 1 is 1.27 bits per heavy atom. The van der Waals surface area contributed by atoms with E-state index in [0.29, 0.717) is 11.5 Å². The van der Waals surface area contributed by atoms with Gasteiger partial charge < -0.3 is 24.3 Å². The van der Waals surface area contributed by atoms with Crippen molar-refractivity contribution in [2.45, 2.75) is 0 Å². The third-order valence-electron chi connectivity index (χ3n) is 1.82. The summed E-state index contributed by atoms with van der Waals surface area (Å²) in [6.07, 6.45) is 0. The molecule has 0 spiro atoms. The highest BCUT2D eigenvalue weighted by Gasteiger charge is 2.17. The minimum absolute atomic E-state index is 0.104. The first kappa shape index (κ1) is 11.8. The van der Waals surface area contributed by atoms with E-state index < -0.39 is 7.12 Å². The summed E-state index contributed by atoms with van der Waals surface area (Å²) < 4.78 is 14.8. The number of benzene rings is 1. The summed E-state index contributed by atoms with van der Waals surface area (Å²) >= 11 is 0. The summed E-state index contributed by atoms with van der Waals surface area (Å²) in [4.78, 5) is 0. The number of hydrogen-bond acceptors (Lipinski definition) is 5. The van der Waals surface area contributed by atoms with Crippen molar-refractivity contribution in [3.63, 3.8) is 0 Å². The summed E-state index contributed by atoms with van der Waals surface area (Å²) in [5.41, 5.74) is 0.256. The largest absolute Gasteiger partial charge is 0.497 e. The van der Waals surface area contributed by atoms with Crippen molar-refractivity contribution < 1.29 is 24.3 Å². The summed E-state index contributed by atoms with van der Waals surface area (Å²) in [7, 11) is 1.37. The van der Waals surface area contributed by atoms with Crippen LogP contribution in [0.4, 0.5) is 0 Å². The molecule has 1 rings (SSSR count). The van der Waals surface area contributed by atoms with Crippen molar-refractivity contribution in [3.05, 3.63) is 18.2 Å². The zero-order valence-corrected chi connectivity index (χ0v) is 8.64. The van der Waals surface area contributed by atoms with E-state index in [0.717, 1.165) is 0 Å². The van der Waals surface area contributed by atoms with E-state index in [1.165, 1.54) is 20.3 Å². The van der Waals surface area contributed by atoms with E-state index in [9.17, 15) is 0 Å². The summed E-state index contributed by atoms with van der Waals surface area (Å²) in [6, 6.07) is 4.74. The van der Waals surface area contributed by atoms with Crippen LogP contribution in [0, 0.1) is 0 Å². The molecule has 0 atom stereocenters. The maximum Gasteiger partial charge on any atom is 0.492 e. The van der Waals surface area contributed by atoms with Gasteiger partial charge in [0.1, 0.15) is 11.5 Å². The SMILES string of the molecule is COCOc1ccc(OC)c(B(O)O)c1. The van der Waals surface area contributed by atoms with E-state index in [1.54, 1.807) is 12.1 Å². The highest BCUT2D eigenvalue weighted by Crippen LogP contribution is 2.15. The summed E-state index contributed by atoms with van der Waals surface area (Å²) in [5, 5.41) is 18.1. The Morgan fingerprint density at radius 3 is 2.53 bits per heavy atom. The lowest BCUT2D eigenvalue weighted by Gasteiger charge is -2.10. The lowest BCUT2D eigenvalue weighted by Crippen LogP contribution is -2.31. The van der Waals surface area contributed by atoms with Gasteiger partial charge in [-0.3, -0.25) is 0 Å². The van der Waals surface area contributed by atoms with Crippen LogP contribution in [0.25, 0.3) is 0 Å². The molecule has 1 aromatic rings. The van der Waals surface area contributed by atoms with E-state index in [2.05, 4.69) is 0 Å². The van der Waals surface area contributed by atoms with Gasteiger partial charge in [-0.05, 0) is 18.2 Å². The average Bonchev–Trinajstić information content (AvgIpc) is 2.25. The molecule has 6 heteroatoms. The quantitative estimate of drug-likeness (QED) is 0.501. The second-order valence-electron chi connectivity index (χ2n) is 2.83. The Hall–Kier alpha value is -1.24. The van der Waals surface area contributed by atoms with Crippen molar-refractivity contribution >= 4 is 12.6 Å². The molecule has 0 bridgehead atoms. The lowest BCUT2D eigenvalue weighted by atomic mass is 9.79. The fraction of sp³-hybridized carbons (Fsp3) is 0.333. The Labute approximate surface area is 88.3 Å². The molecule has 0 aromatic heterocycles. The molecule has 1 aromatic carbocycles. The number of hydrogen-bond donors (Lipinski definition) is 2. The molecule has 0 heterocycles. The zero-order valence-electron chi connectivity index (χ0n) is 8.64. The summed E-state index contributed by atoms with van der Waals surface area (Å²) in [6.45, 7) is 0.104. The van der Waals surface area contributed by atoms with Gasteiger partial charge in [0.15, 0.2) is 6.79 Å². The number of ether oxygens (including phenoxy) is 3. The van der Waals surface area contributed by atoms with Crippen molar-refractivity contribution in [1.82, 2.24) is 0 Å². The van der Waals surface area contributed by atoms with Gasteiger partial charge in [0.05, 0.1) is 7.11 Å². The Bertz CT molecular complexity index is 315. The molecule has 0 saturated carbocycles. The highest BCUT2D eigenvalue weighted by molar-refractivity contribution is 6.59. The molecule has 0 unspecified atom stereocenters. The molecule has 0 aliphatic rings. The molecule has 0 radical (unpaired) electrons. The number of methoxy groups -OCH3 is 2. The normalized spacial score (nSPS) is 9.87. The van der Waals surface area contributed by atoms with E-state index in [4.69, 9.17) is 24.3 Å². The van der Waals surface area contributed by atoms with Crippen LogP contribution in [0.3, 0.4) is 0 Å². The Morgan fingerprint density at radius 2 is 2.00 bits per heavy atom. The highest BCUT2D eigenvalue weighted by atomic mass is 16.7. The second kappa shape index (κ2) is 5.60. The predicted molar refractivity (Wildman–Crippen MR) is 55.3 cm³/mol. The number of rotatable bonds is 5. The third kappa shape index (κ3) is 3.12. The maximum absolute atomic E-state index is 9.07. The first-order valence-corrected chi connectivity index (χ1v) is 4.35. The predicted octanol–water partition coefficient (Wildman–Crippen LogP) is -0.642. The van der Waals surface area contributed by atoms with Crippen molar-refractivity contribution in [2.75, 3.05) is 21.0 Å². The molecule has 0 fully saturated rings. The fourth-order valence-corrected chi connectivity index (χ4v) is 1.13. The molecule has 82 valence electrons. The van der Waals surface area contributed by atoms with Gasteiger partial charge >= 0.3 is 7.12 Å². The first-order chi connectivity index (χ1) is 7.19. The van der Waals surface area contributed by atoms with E-state index in [1.807, 2.05) is 0 Å². The molecule has 0 amide bonds. The van der Waals surface area contributed by atoms with Crippen LogP contribution < -0.4 is 14.9 Å². The van der Waals surface area contributed by atoms with Crippen LogP contribution in [0.15, 0.2) is 18.2 Å². The fourth-order valence-electron chi connectivity index (χ4n) is 1.13. The van der Waals surface area contributed by atoms with Crippen LogP contribution in [-0.2, 0) is 4.74 Å². The van der Waals surface area contributed by atoms with Crippen molar-refractivity contribution in [1.29, 1.82) is 0 Å². The smallest absolute Gasteiger partial charge is 0.492 e. The van der Waals surface area contributed by atoms with Gasteiger partial charge in [-0.15, -0.1) is 0 Å². The van der Waals surface area contributed by atoms with Gasteiger partial charge in [-0.2, -0.15) is 0 Å². The van der Waals surface area contributed by atoms with Crippen molar-refractivity contribution in [3.8, 4) is 11.5 Å². The van der Waals surface area contributed by atoms with E-state index >= 15 is 0 Å². The lowest BCUT2D eigenvalue weighted by molar-refractivity contribution is 0.0511. The third-order valence-corrected chi connectivity index (χ3v) is 1.82. The van der Waals surface area contributed by atoms with E-state index in [-0.39, 0.29) is 12.3 Å². The molecule has 0 saturated heterocycles. The summed E-state index contributed by atoms with van der Waals surface area (Å²) in [5.74, 6) is 0.885. The van der Waals surface area contributed by atoms with Crippen LogP contribution in [0.5, 0.6) is 11.5 Å². The van der Waals surface area contributed by atoms with Gasteiger partial charge in [-0.25, -0.2) is 0 Å². The van der Waals surface area contributed by atoms with Gasteiger partial charge in [-0.1, -0.05) is 0 Å². The van der Waals surface area contributed by atoms with Crippen molar-refractivity contribution in [2.24, 2.45) is 0 Å². The minimum atomic E-state index is -1.59. The Kier molecular flexibility index (Phi) is 4.42. The first-order valence-electron chi connectivity index (χ1n) is 4.35. The molecule has 2 N–H and O–H groups in total. The monoisotopic (exact) mass is 212 g/mol. The standard InChI is InChI=1S/C9H13BO5/c1-13-6-15-7-3-4-9(14-2)8(5-7)10(11)12/h3-5,11-12H,6H2,1-2H3. The topological polar surface area (TPSA) is 68.2 Å². The van der Waals surface area contributed by atoms with Gasteiger partial charge in [0.2, 0.25) is 0 Å². The van der Waals surface area contributed by atoms with Gasteiger partial charge in [0.25, 0.3) is 0 Å². The second-order valence-corrected chi connectivity index (χ2v) is 2.83. The van der Waals surface area contributed by atoms with Crippen LogP contribution in [-0.4, -0.2) is 38.2 Å². The Balaban J connectivity index is 2.89. The maximum atomic E-state index is 9.07. The van der Waals surface area contributed by atoms with Crippen LogP contribution >= 0.6 is 0 Å². The molecule has 15 heavy (non-hydrogen) atoms. The molecular formula is C9H13BO5. The zero-order chi connectivity index (χ0) is 11.3.